The van der Waals surface area contributed by atoms with Gasteiger partial charge in [0.15, 0.2) is 0 Å². The van der Waals surface area contributed by atoms with Crippen molar-refractivity contribution in [2.24, 2.45) is 0 Å². The second-order valence-corrected chi connectivity index (χ2v) is 5.83. The van der Waals surface area contributed by atoms with Gasteiger partial charge in [-0.2, -0.15) is 0 Å². The lowest BCUT2D eigenvalue weighted by Crippen LogP contribution is -2.18. The van der Waals surface area contributed by atoms with Crippen LogP contribution < -0.4 is 10.1 Å². The molecular weight excluding hydrogens is 281 g/mol. The summed E-state index contributed by atoms with van der Waals surface area (Å²) in [4.78, 5) is 11.5. The molecule has 3 nitrogen and oxygen atoms in total. The lowest BCUT2D eigenvalue weighted by atomic mass is 10.0. The highest BCUT2D eigenvalue weighted by Gasteiger charge is 2.21. The van der Waals surface area contributed by atoms with Crippen LogP contribution in [-0.4, -0.2) is 5.91 Å². The van der Waals surface area contributed by atoms with Gasteiger partial charge in [0, 0.05) is 23.7 Å². The second kappa shape index (κ2) is 5.13. The number of fused-ring (bicyclic) bond motifs is 2. The predicted octanol–water partition coefficient (Wildman–Crippen LogP) is 3.99. The van der Waals surface area contributed by atoms with Crippen molar-refractivity contribution in [3.05, 3.63) is 52.8 Å². The molecule has 0 fully saturated rings. The number of ether oxygens (including phenoxy) is 1. The number of halogens is 1. The molecule has 2 aromatic rings. The quantitative estimate of drug-likeness (QED) is 0.910. The minimum Gasteiger partial charge on any atom is -0.457 e. The molecule has 0 spiro atoms. The highest BCUT2D eigenvalue weighted by molar-refractivity contribution is 5.94. The van der Waals surface area contributed by atoms with Crippen LogP contribution >= 0.6 is 0 Å². The van der Waals surface area contributed by atoms with Crippen molar-refractivity contribution < 1.29 is 13.9 Å². The molecule has 22 heavy (non-hydrogen) atoms. The molecule has 0 bridgehead atoms. The van der Waals surface area contributed by atoms with Gasteiger partial charge < -0.3 is 10.1 Å². The first kappa shape index (κ1) is 13.3. The topological polar surface area (TPSA) is 38.3 Å². The van der Waals surface area contributed by atoms with E-state index in [1.54, 1.807) is 6.07 Å². The standard InChI is InChI=1S/C18H16FNO2/c19-15-7-8-17(14-3-1-2-13(14)15)22-12-6-4-11-5-9-18(21)20-16(11)10-12/h4,6-8,10H,1-3,5,9H2,(H,20,21). The van der Waals surface area contributed by atoms with Gasteiger partial charge >= 0.3 is 0 Å². The average molecular weight is 297 g/mol. The van der Waals surface area contributed by atoms with Gasteiger partial charge in [-0.05, 0) is 55.0 Å². The minimum absolute atomic E-state index is 0.0346. The number of rotatable bonds is 2. The molecule has 0 radical (unpaired) electrons. The number of carbonyl (C=O) groups excluding carboxylic acids is 1. The molecule has 0 aromatic heterocycles. The summed E-state index contributed by atoms with van der Waals surface area (Å²) >= 11 is 0. The summed E-state index contributed by atoms with van der Waals surface area (Å²) in [6, 6.07) is 8.89. The largest absolute Gasteiger partial charge is 0.457 e. The Morgan fingerprint density at radius 3 is 2.77 bits per heavy atom. The van der Waals surface area contributed by atoms with Gasteiger partial charge in [0.1, 0.15) is 17.3 Å². The van der Waals surface area contributed by atoms with Crippen LogP contribution in [0.3, 0.4) is 0 Å². The fourth-order valence-corrected chi connectivity index (χ4v) is 3.27. The molecule has 4 heteroatoms. The highest BCUT2D eigenvalue weighted by atomic mass is 19.1. The normalized spacial score (nSPS) is 16.0. The monoisotopic (exact) mass is 297 g/mol. The lowest BCUT2D eigenvalue weighted by Gasteiger charge is -2.18. The van der Waals surface area contributed by atoms with Gasteiger partial charge in [-0.25, -0.2) is 4.39 Å². The summed E-state index contributed by atoms with van der Waals surface area (Å²) in [6.07, 6.45) is 3.88. The number of benzene rings is 2. The van der Waals surface area contributed by atoms with Gasteiger partial charge in [-0.3, -0.25) is 4.79 Å². The van der Waals surface area contributed by atoms with Crippen LogP contribution in [0.1, 0.15) is 29.5 Å². The first-order valence-corrected chi connectivity index (χ1v) is 7.61. The Balaban J connectivity index is 1.66. The molecule has 0 saturated carbocycles. The Kier molecular flexibility index (Phi) is 3.10. The molecule has 1 aliphatic heterocycles. The Hall–Kier alpha value is -2.36. The molecular formula is C18H16FNO2. The van der Waals surface area contributed by atoms with Crippen LogP contribution in [0.5, 0.6) is 11.5 Å². The van der Waals surface area contributed by atoms with E-state index >= 15 is 0 Å². The molecule has 0 atom stereocenters. The highest BCUT2D eigenvalue weighted by Crippen LogP contribution is 2.36. The Bertz CT molecular complexity index is 770. The first-order chi connectivity index (χ1) is 10.7. The van der Waals surface area contributed by atoms with Gasteiger partial charge in [-0.15, -0.1) is 0 Å². The SMILES string of the molecule is O=C1CCc2ccc(Oc3ccc(F)c4c3CCC4)cc2N1. The zero-order chi connectivity index (χ0) is 15.1. The van der Waals surface area contributed by atoms with E-state index in [1.165, 1.54) is 6.07 Å². The van der Waals surface area contributed by atoms with Crippen molar-refractivity contribution in [2.75, 3.05) is 5.32 Å². The van der Waals surface area contributed by atoms with Crippen molar-refractivity contribution in [2.45, 2.75) is 32.1 Å². The van der Waals surface area contributed by atoms with E-state index < -0.39 is 0 Å². The zero-order valence-corrected chi connectivity index (χ0v) is 12.1. The summed E-state index contributed by atoms with van der Waals surface area (Å²) in [7, 11) is 0. The fraction of sp³-hybridized carbons (Fsp3) is 0.278. The molecule has 112 valence electrons. The van der Waals surface area contributed by atoms with Crippen LogP contribution in [0.2, 0.25) is 0 Å². The van der Waals surface area contributed by atoms with Crippen molar-refractivity contribution in [3.8, 4) is 11.5 Å². The molecule has 2 aromatic carbocycles. The summed E-state index contributed by atoms with van der Waals surface area (Å²) < 4.78 is 19.7. The molecule has 1 heterocycles. The number of hydrogen-bond acceptors (Lipinski definition) is 2. The summed E-state index contributed by atoms with van der Waals surface area (Å²) in [5.74, 6) is 1.28. The van der Waals surface area contributed by atoms with Crippen molar-refractivity contribution in [1.82, 2.24) is 0 Å². The van der Waals surface area contributed by atoms with Crippen molar-refractivity contribution in [1.29, 1.82) is 0 Å². The summed E-state index contributed by atoms with van der Waals surface area (Å²) in [5, 5.41) is 2.87. The number of anilines is 1. The predicted molar refractivity (Wildman–Crippen MR) is 81.9 cm³/mol. The second-order valence-electron chi connectivity index (χ2n) is 5.83. The van der Waals surface area contributed by atoms with Gasteiger partial charge in [0.25, 0.3) is 0 Å². The van der Waals surface area contributed by atoms with E-state index in [0.717, 1.165) is 53.8 Å². The Morgan fingerprint density at radius 1 is 1.00 bits per heavy atom. The Morgan fingerprint density at radius 2 is 1.86 bits per heavy atom. The maximum Gasteiger partial charge on any atom is 0.224 e. The van der Waals surface area contributed by atoms with E-state index in [1.807, 2.05) is 18.2 Å². The van der Waals surface area contributed by atoms with Crippen LogP contribution in [0.4, 0.5) is 10.1 Å². The van der Waals surface area contributed by atoms with E-state index in [-0.39, 0.29) is 11.7 Å². The van der Waals surface area contributed by atoms with E-state index in [2.05, 4.69) is 5.32 Å². The van der Waals surface area contributed by atoms with E-state index in [9.17, 15) is 9.18 Å². The van der Waals surface area contributed by atoms with E-state index in [0.29, 0.717) is 12.2 Å². The molecule has 0 unspecified atom stereocenters. The van der Waals surface area contributed by atoms with E-state index in [4.69, 9.17) is 4.74 Å². The number of nitrogens with one attached hydrogen (secondary N) is 1. The maximum absolute atomic E-state index is 13.8. The van der Waals surface area contributed by atoms with Crippen molar-refractivity contribution in [3.63, 3.8) is 0 Å². The summed E-state index contributed by atoms with van der Waals surface area (Å²) in [5.41, 5.74) is 3.69. The molecule has 0 saturated heterocycles. The number of aryl methyl sites for hydroxylation is 1. The third kappa shape index (κ3) is 2.25. The molecule has 1 aliphatic carbocycles. The smallest absolute Gasteiger partial charge is 0.224 e. The number of amides is 1. The van der Waals surface area contributed by atoms with Gasteiger partial charge in [-0.1, -0.05) is 6.07 Å². The van der Waals surface area contributed by atoms with Gasteiger partial charge in [0.2, 0.25) is 5.91 Å². The minimum atomic E-state index is -0.141. The van der Waals surface area contributed by atoms with Crippen LogP contribution in [-0.2, 0) is 24.1 Å². The maximum atomic E-state index is 13.8. The van der Waals surface area contributed by atoms with Crippen LogP contribution in [0.15, 0.2) is 30.3 Å². The molecule has 1 amide bonds. The summed E-state index contributed by atoms with van der Waals surface area (Å²) in [6.45, 7) is 0. The van der Waals surface area contributed by atoms with Crippen LogP contribution in [0, 0.1) is 5.82 Å². The number of hydrogen-bond donors (Lipinski definition) is 1. The van der Waals surface area contributed by atoms with Gasteiger partial charge in [0.05, 0.1) is 0 Å². The van der Waals surface area contributed by atoms with Crippen molar-refractivity contribution >= 4 is 11.6 Å². The average Bonchev–Trinajstić information content (AvgIpc) is 3.00. The molecule has 4 rings (SSSR count). The fourth-order valence-electron chi connectivity index (χ4n) is 3.27. The molecule has 1 N–H and O–H groups in total. The Labute approximate surface area is 128 Å². The zero-order valence-electron chi connectivity index (χ0n) is 12.1. The third-order valence-electron chi connectivity index (χ3n) is 4.39. The third-order valence-corrected chi connectivity index (χ3v) is 4.39. The number of carbonyl (C=O) groups is 1. The van der Waals surface area contributed by atoms with Crippen LogP contribution in [0.25, 0.3) is 0 Å². The lowest BCUT2D eigenvalue weighted by molar-refractivity contribution is -0.116. The molecule has 2 aliphatic rings. The first-order valence-electron chi connectivity index (χ1n) is 7.61.